The third-order valence-corrected chi connectivity index (χ3v) is 8.53. The zero-order valence-electron chi connectivity index (χ0n) is 23.1. The third-order valence-electron chi connectivity index (χ3n) is 8.53. The number of nitrogens with zero attached hydrogens (tertiary/aromatic N) is 3. The van der Waals surface area contributed by atoms with E-state index in [1.807, 2.05) is 48.7 Å². The Labute approximate surface area is 247 Å². The van der Waals surface area contributed by atoms with Gasteiger partial charge < -0.3 is 15.1 Å². The van der Waals surface area contributed by atoms with Crippen LogP contribution in [0.1, 0.15) is 34.7 Å². The molecule has 0 radical (unpaired) electrons. The minimum atomic E-state index is -0.416. The maximum atomic E-state index is 6.22. The quantitative estimate of drug-likeness (QED) is 0.222. The number of amidine groups is 2. The van der Waals surface area contributed by atoms with Crippen LogP contribution in [0.3, 0.4) is 0 Å². The molecule has 0 aliphatic carbocycles. The average Bonchev–Trinajstić information content (AvgIpc) is 3.47. The zero-order chi connectivity index (χ0) is 28.3. The fraction of sp³-hybridized carbons (Fsp3) is 0.0526. The minimum Gasteiger partial charge on any atom is -0.678 e. The molecular weight excluding hydrogens is 528 g/mol. The topological polar surface area (TPSA) is 64.0 Å². The highest BCUT2D eigenvalue weighted by molar-refractivity contribution is 6.25. The smallest absolute Gasteiger partial charge is 0.169 e. The number of nitrogens with one attached hydrogen (secondary N) is 1. The summed E-state index contributed by atoms with van der Waals surface area (Å²) >= 11 is 0. The molecule has 204 valence electrons. The molecule has 9 rings (SSSR count). The number of fused-ring (bicyclic) bond motifs is 8. The first kappa shape index (κ1) is 24.0. The zero-order valence-corrected chi connectivity index (χ0v) is 23.1. The van der Waals surface area contributed by atoms with E-state index >= 15 is 0 Å². The van der Waals surface area contributed by atoms with E-state index in [0.29, 0.717) is 0 Å². The molecule has 5 heteroatoms. The Balaban J connectivity index is 1.25. The second kappa shape index (κ2) is 9.43. The molecule has 3 heterocycles. The van der Waals surface area contributed by atoms with Crippen LogP contribution in [0.15, 0.2) is 142 Å². The molecule has 2 unspecified atom stereocenters. The van der Waals surface area contributed by atoms with Gasteiger partial charge in [-0.15, -0.1) is 0 Å². The number of benzene rings is 6. The number of hydrogen-bond donors (Lipinski definition) is 1. The van der Waals surface area contributed by atoms with Gasteiger partial charge in [0.05, 0.1) is 5.84 Å². The number of para-hydroxylation sites is 1. The van der Waals surface area contributed by atoms with Crippen molar-refractivity contribution in [3.63, 3.8) is 0 Å². The molecule has 5 nitrogen and oxygen atoms in total. The van der Waals surface area contributed by atoms with Crippen LogP contribution in [-0.4, -0.2) is 11.7 Å². The number of rotatable bonds is 3. The van der Waals surface area contributed by atoms with Gasteiger partial charge in [0, 0.05) is 16.3 Å². The summed E-state index contributed by atoms with van der Waals surface area (Å²) in [5.74, 6) is 2.34. The van der Waals surface area contributed by atoms with E-state index in [4.69, 9.17) is 19.7 Å². The van der Waals surface area contributed by atoms with Crippen LogP contribution in [-0.2, 0) is 0 Å². The van der Waals surface area contributed by atoms with Gasteiger partial charge in [0.2, 0.25) is 0 Å². The summed E-state index contributed by atoms with van der Waals surface area (Å²) in [6.45, 7) is 0. The highest BCUT2D eigenvalue weighted by atomic mass is 16.3. The van der Waals surface area contributed by atoms with Gasteiger partial charge in [0.25, 0.3) is 0 Å². The maximum Gasteiger partial charge on any atom is 0.169 e. The van der Waals surface area contributed by atoms with Crippen molar-refractivity contribution in [1.82, 2.24) is 5.32 Å². The molecule has 7 aromatic rings. The Morgan fingerprint density at radius 3 is 2.33 bits per heavy atom. The molecule has 2 atom stereocenters. The highest BCUT2D eigenvalue weighted by Gasteiger charge is 2.27. The van der Waals surface area contributed by atoms with E-state index in [2.05, 4.69) is 90.2 Å². The number of aliphatic imine (C=N–C) groups is 2. The monoisotopic (exact) mass is 553 g/mol. The summed E-state index contributed by atoms with van der Waals surface area (Å²) in [5, 5.41) is 16.9. The van der Waals surface area contributed by atoms with Crippen LogP contribution in [0.2, 0.25) is 0 Å². The van der Waals surface area contributed by atoms with Crippen LogP contribution in [0.5, 0.6) is 0 Å². The fourth-order valence-electron chi connectivity index (χ4n) is 6.56. The van der Waals surface area contributed by atoms with E-state index in [9.17, 15) is 0 Å². The molecule has 2 aliphatic heterocycles. The van der Waals surface area contributed by atoms with Gasteiger partial charge in [0.1, 0.15) is 17.2 Å². The summed E-state index contributed by atoms with van der Waals surface area (Å²) in [4.78, 5) is 10.4. The Kier molecular flexibility index (Phi) is 5.26. The van der Waals surface area contributed by atoms with Gasteiger partial charge in [0.15, 0.2) is 6.17 Å². The molecule has 0 bridgehead atoms. The summed E-state index contributed by atoms with van der Waals surface area (Å²) < 4.78 is 6.22. The van der Waals surface area contributed by atoms with Gasteiger partial charge in [-0.25, -0.2) is 9.98 Å². The highest BCUT2D eigenvalue weighted by Crippen LogP contribution is 2.41. The minimum absolute atomic E-state index is 0.351. The lowest BCUT2D eigenvalue weighted by molar-refractivity contribution is 0.596. The molecule has 0 amide bonds. The number of hydrogen-bond acceptors (Lipinski definition) is 4. The molecular formula is C38H25N4O-. The predicted octanol–water partition coefficient (Wildman–Crippen LogP) is 9.44. The largest absolute Gasteiger partial charge is 0.678 e. The van der Waals surface area contributed by atoms with Crippen LogP contribution < -0.4 is 5.32 Å². The Bertz CT molecular complexity index is 2310. The van der Waals surface area contributed by atoms with Crippen molar-refractivity contribution in [2.45, 2.75) is 12.2 Å². The Hall–Kier alpha value is -5.68. The molecule has 2 aliphatic rings. The average molecular weight is 554 g/mol. The summed E-state index contributed by atoms with van der Waals surface area (Å²) in [5.41, 5.74) is 3.93. The normalized spacial score (nSPS) is 17.9. The van der Waals surface area contributed by atoms with Crippen LogP contribution in [0.4, 0.5) is 0 Å². The molecule has 6 aromatic carbocycles. The number of furan rings is 1. The van der Waals surface area contributed by atoms with Gasteiger partial charge >= 0.3 is 0 Å². The maximum absolute atomic E-state index is 6.22. The molecule has 43 heavy (non-hydrogen) atoms. The van der Waals surface area contributed by atoms with E-state index in [0.717, 1.165) is 45.1 Å². The van der Waals surface area contributed by atoms with Crippen molar-refractivity contribution < 1.29 is 4.42 Å². The molecule has 0 saturated carbocycles. The lowest BCUT2D eigenvalue weighted by Gasteiger charge is -2.36. The van der Waals surface area contributed by atoms with Crippen LogP contribution in [0.25, 0.3) is 54.7 Å². The van der Waals surface area contributed by atoms with Crippen molar-refractivity contribution >= 4 is 61.0 Å². The second-order valence-electron chi connectivity index (χ2n) is 11.0. The summed E-state index contributed by atoms with van der Waals surface area (Å²) in [6.07, 6.45) is 3.33. The SMILES string of the molecule is C1=Cc2oc3ccccc3c2C(C2=NC(c3ccccc3)N=C(c3cccc4ccc5c6ccccc6ccc5c34)N2)[N-]1. The first-order valence-electron chi connectivity index (χ1n) is 14.5. The van der Waals surface area contributed by atoms with E-state index in [-0.39, 0.29) is 6.04 Å². The lowest BCUT2D eigenvalue weighted by Crippen LogP contribution is -2.39. The molecule has 0 saturated heterocycles. The van der Waals surface area contributed by atoms with Crippen molar-refractivity contribution in [3.8, 4) is 0 Å². The third kappa shape index (κ3) is 3.78. The van der Waals surface area contributed by atoms with Crippen molar-refractivity contribution in [2.75, 3.05) is 0 Å². The first-order valence-corrected chi connectivity index (χ1v) is 14.5. The summed E-state index contributed by atoms with van der Waals surface area (Å²) in [6, 6.07) is 41.9. The van der Waals surface area contributed by atoms with Crippen LogP contribution in [0, 0.1) is 0 Å². The van der Waals surface area contributed by atoms with E-state index in [1.54, 1.807) is 0 Å². The van der Waals surface area contributed by atoms with Crippen molar-refractivity contribution in [3.05, 3.63) is 155 Å². The van der Waals surface area contributed by atoms with Gasteiger partial charge in [-0.3, -0.25) is 0 Å². The van der Waals surface area contributed by atoms with Gasteiger partial charge in [-0.2, -0.15) is 6.20 Å². The first-order chi connectivity index (χ1) is 21.3. The molecule has 0 spiro atoms. The van der Waals surface area contributed by atoms with Gasteiger partial charge in [-0.1, -0.05) is 115 Å². The predicted molar refractivity (Wildman–Crippen MR) is 177 cm³/mol. The van der Waals surface area contributed by atoms with Gasteiger partial charge in [-0.05, 0) is 56.2 Å². The van der Waals surface area contributed by atoms with E-state index in [1.165, 1.54) is 32.3 Å². The lowest BCUT2D eigenvalue weighted by atomic mass is 9.93. The Morgan fingerprint density at radius 2 is 1.40 bits per heavy atom. The molecule has 1 N–H and O–H groups in total. The van der Waals surface area contributed by atoms with Crippen LogP contribution >= 0.6 is 0 Å². The van der Waals surface area contributed by atoms with Crippen molar-refractivity contribution in [1.29, 1.82) is 0 Å². The summed E-state index contributed by atoms with van der Waals surface area (Å²) in [7, 11) is 0. The van der Waals surface area contributed by atoms with Crippen molar-refractivity contribution in [2.24, 2.45) is 9.98 Å². The molecule has 1 aromatic heterocycles. The van der Waals surface area contributed by atoms with E-state index < -0.39 is 6.17 Å². The molecule has 0 fully saturated rings. The standard InChI is InChI=1S/C38H25N4O/c1-2-10-25(11-3-1)36-40-37(42-38(41-36)35-34-29-14-6-7-16-31(29)43-32(34)21-22-39-35)30-15-8-12-24-18-19-27-26-13-5-4-9-23(26)17-20-28(27)33(24)30/h1-22,35-36H,(H,40,41,42)/q-1. The second-order valence-corrected chi connectivity index (χ2v) is 11.0. The Morgan fingerprint density at radius 1 is 0.628 bits per heavy atom. The fourth-order valence-corrected chi connectivity index (χ4v) is 6.56.